The van der Waals surface area contributed by atoms with Crippen LogP contribution in [-0.4, -0.2) is 110 Å². The molecule has 176 valence electrons. The van der Waals surface area contributed by atoms with Crippen molar-refractivity contribution in [1.82, 2.24) is 19.6 Å². The quantitative estimate of drug-likeness (QED) is 0.638. The zero-order chi connectivity index (χ0) is 22.2. The molecular weight excluding hydrogens is 404 g/mol. The Morgan fingerprint density at radius 3 is 1.84 bits per heavy atom. The molecule has 3 fully saturated rings. The maximum Gasteiger partial charge on any atom is 0.236 e. The van der Waals surface area contributed by atoms with Crippen molar-refractivity contribution in [2.75, 3.05) is 78.7 Å². The van der Waals surface area contributed by atoms with Gasteiger partial charge in [0.2, 0.25) is 11.8 Å². The standard InChI is InChI=1S/C25H38N4O3/c30-24(28-10-8-23(9-11-28)7-6-22-4-2-1-3-5-22)20-26-12-14-27(15-13-26)21-25(31)29-16-18-32-19-17-29/h1-5,23H,6-21H2. The number of morpholine rings is 1. The number of amides is 2. The van der Waals surface area contributed by atoms with Gasteiger partial charge in [0, 0.05) is 52.4 Å². The average molecular weight is 443 g/mol. The monoisotopic (exact) mass is 442 g/mol. The Balaban J connectivity index is 1.11. The van der Waals surface area contributed by atoms with Gasteiger partial charge in [-0.2, -0.15) is 0 Å². The van der Waals surface area contributed by atoms with Gasteiger partial charge in [0.05, 0.1) is 26.3 Å². The smallest absolute Gasteiger partial charge is 0.236 e. The van der Waals surface area contributed by atoms with Gasteiger partial charge in [0.25, 0.3) is 0 Å². The first-order chi connectivity index (χ1) is 15.7. The minimum atomic E-state index is 0.202. The fourth-order valence-corrected chi connectivity index (χ4v) is 4.99. The normalized spacial score (nSPS) is 21.6. The Morgan fingerprint density at radius 1 is 0.750 bits per heavy atom. The number of aryl methyl sites for hydroxylation is 1. The van der Waals surface area contributed by atoms with Gasteiger partial charge in [-0.15, -0.1) is 0 Å². The van der Waals surface area contributed by atoms with E-state index in [-0.39, 0.29) is 11.8 Å². The molecule has 0 saturated carbocycles. The van der Waals surface area contributed by atoms with E-state index in [0.29, 0.717) is 39.4 Å². The van der Waals surface area contributed by atoms with E-state index in [1.54, 1.807) is 0 Å². The number of likely N-dealkylation sites (tertiary alicyclic amines) is 1. The lowest BCUT2D eigenvalue weighted by molar-refractivity contribution is -0.138. The van der Waals surface area contributed by atoms with Crippen molar-refractivity contribution < 1.29 is 14.3 Å². The highest BCUT2D eigenvalue weighted by Gasteiger charge is 2.27. The van der Waals surface area contributed by atoms with Gasteiger partial charge in [-0.3, -0.25) is 19.4 Å². The number of nitrogens with zero attached hydrogens (tertiary/aromatic N) is 4. The van der Waals surface area contributed by atoms with E-state index in [1.165, 1.54) is 12.0 Å². The van der Waals surface area contributed by atoms with Crippen LogP contribution in [0.2, 0.25) is 0 Å². The molecule has 2 amide bonds. The summed E-state index contributed by atoms with van der Waals surface area (Å²) in [6.07, 6.45) is 4.60. The topological polar surface area (TPSA) is 56.3 Å². The molecule has 7 nitrogen and oxygen atoms in total. The lowest BCUT2D eigenvalue weighted by Crippen LogP contribution is -2.53. The van der Waals surface area contributed by atoms with Crippen LogP contribution in [0.25, 0.3) is 0 Å². The molecule has 3 aliphatic rings. The number of ether oxygens (including phenoxy) is 1. The molecular formula is C25H38N4O3. The lowest BCUT2D eigenvalue weighted by Gasteiger charge is -2.37. The fraction of sp³-hybridized carbons (Fsp3) is 0.680. The summed E-state index contributed by atoms with van der Waals surface area (Å²) in [7, 11) is 0. The van der Waals surface area contributed by atoms with Crippen molar-refractivity contribution in [2.24, 2.45) is 5.92 Å². The van der Waals surface area contributed by atoms with E-state index in [2.05, 4.69) is 45.0 Å². The highest BCUT2D eigenvalue weighted by molar-refractivity contribution is 5.79. The number of carbonyl (C=O) groups excluding carboxylic acids is 2. The third-order valence-corrected chi connectivity index (χ3v) is 7.20. The van der Waals surface area contributed by atoms with Crippen molar-refractivity contribution in [1.29, 1.82) is 0 Å². The van der Waals surface area contributed by atoms with Crippen LogP contribution in [-0.2, 0) is 20.7 Å². The van der Waals surface area contributed by atoms with Crippen LogP contribution in [0.3, 0.4) is 0 Å². The van der Waals surface area contributed by atoms with E-state index in [1.807, 2.05) is 4.90 Å². The van der Waals surface area contributed by atoms with Crippen LogP contribution >= 0.6 is 0 Å². The van der Waals surface area contributed by atoms with E-state index >= 15 is 0 Å². The molecule has 4 rings (SSSR count). The van der Waals surface area contributed by atoms with Crippen LogP contribution in [0.1, 0.15) is 24.8 Å². The molecule has 3 saturated heterocycles. The second kappa shape index (κ2) is 11.8. The third-order valence-electron chi connectivity index (χ3n) is 7.20. The highest BCUT2D eigenvalue weighted by atomic mass is 16.5. The summed E-state index contributed by atoms with van der Waals surface area (Å²) in [5.74, 6) is 1.20. The first-order valence-electron chi connectivity index (χ1n) is 12.3. The second-order valence-corrected chi connectivity index (χ2v) is 9.39. The number of carbonyl (C=O) groups is 2. The Morgan fingerprint density at radius 2 is 1.28 bits per heavy atom. The summed E-state index contributed by atoms with van der Waals surface area (Å²) in [6, 6.07) is 10.7. The molecule has 0 spiro atoms. The highest BCUT2D eigenvalue weighted by Crippen LogP contribution is 2.22. The lowest BCUT2D eigenvalue weighted by atomic mass is 9.90. The summed E-state index contributed by atoms with van der Waals surface area (Å²) in [6.45, 7) is 8.91. The third kappa shape index (κ3) is 6.77. The molecule has 0 radical (unpaired) electrons. The molecule has 1 aromatic carbocycles. The zero-order valence-corrected chi connectivity index (χ0v) is 19.3. The largest absolute Gasteiger partial charge is 0.378 e. The molecule has 0 aromatic heterocycles. The van der Waals surface area contributed by atoms with Crippen molar-refractivity contribution in [2.45, 2.75) is 25.7 Å². The minimum Gasteiger partial charge on any atom is -0.378 e. The molecule has 0 unspecified atom stereocenters. The summed E-state index contributed by atoms with van der Waals surface area (Å²) >= 11 is 0. The number of piperazine rings is 1. The predicted octanol–water partition coefficient (Wildman–Crippen LogP) is 1.33. The van der Waals surface area contributed by atoms with Gasteiger partial charge < -0.3 is 14.5 Å². The predicted molar refractivity (Wildman–Crippen MR) is 124 cm³/mol. The summed E-state index contributed by atoms with van der Waals surface area (Å²) in [5, 5.41) is 0. The van der Waals surface area contributed by atoms with Crippen molar-refractivity contribution >= 4 is 11.8 Å². The number of benzene rings is 1. The molecule has 3 heterocycles. The van der Waals surface area contributed by atoms with Crippen LogP contribution in [0.5, 0.6) is 0 Å². The number of rotatable bonds is 7. The minimum absolute atomic E-state index is 0.202. The van der Waals surface area contributed by atoms with Crippen molar-refractivity contribution in [3.05, 3.63) is 35.9 Å². The molecule has 7 heteroatoms. The molecule has 0 N–H and O–H groups in total. The van der Waals surface area contributed by atoms with E-state index < -0.39 is 0 Å². The van der Waals surface area contributed by atoms with Gasteiger partial charge in [0.15, 0.2) is 0 Å². The van der Waals surface area contributed by atoms with Crippen molar-refractivity contribution in [3.63, 3.8) is 0 Å². The second-order valence-electron chi connectivity index (χ2n) is 9.39. The fourth-order valence-electron chi connectivity index (χ4n) is 4.99. The summed E-state index contributed by atoms with van der Waals surface area (Å²) < 4.78 is 5.33. The van der Waals surface area contributed by atoms with Gasteiger partial charge in [-0.05, 0) is 37.2 Å². The number of hydrogen-bond donors (Lipinski definition) is 0. The van der Waals surface area contributed by atoms with Gasteiger partial charge in [-0.1, -0.05) is 30.3 Å². The summed E-state index contributed by atoms with van der Waals surface area (Å²) in [4.78, 5) is 33.7. The molecule has 0 bridgehead atoms. The van der Waals surface area contributed by atoms with E-state index in [0.717, 1.165) is 64.4 Å². The van der Waals surface area contributed by atoms with Crippen LogP contribution in [0, 0.1) is 5.92 Å². The Kier molecular flexibility index (Phi) is 8.54. The maximum atomic E-state index is 12.8. The Bertz CT molecular complexity index is 722. The van der Waals surface area contributed by atoms with Crippen LogP contribution < -0.4 is 0 Å². The van der Waals surface area contributed by atoms with Gasteiger partial charge in [0.1, 0.15) is 0 Å². The molecule has 1 aromatic rings. The van der Waals surface area contributed by atoms with Crippen LogP contribution in [0.4, 0.5) is 0 Å². The molecule has 0 atom stereocenters. The molecule has 0 aliphatic carbocycles. The molecule has 3 aliphatic heterocycles. The van der Waals surface area contributed by atoms with E-state index in [9.17, 15) is 9.59 Å². The molecule has 32 heavy (non-hydrogen) atoms. The van der Waals surface area contributed by atoms with Gasteiger partial charge >= 0.3 is 0 Å². The maximum absolute atomic E-state index is 12.8. The SMILES string of the molecule is O=C(CN1CCN(CC(=O)N2CCC(CCc3ccccc3)CC2)CC1)N1CCOCC1. The van der Waals surface area contributed by atoms with Crippen LogP contribution in [0.15, 0.2) is 30.3 Å². The average Bonchev–Trinajstić information content (AvgIpc) is 2.85. The zero-order valence-electron chi connectivity index (χ0n) is 19.3. The number of piperidine rings is 1. The summed E-state index contributed by atoms with van der Waals surface area (Å²) in [5.41, 5.74) is 1.41. The Hall–Kier alpha value is -1.96. The first-order valence-corrected chi connectivity index (χ1v) is 12.3. The first kappa shape index (κ1) is 23.2. The Labute approximate surface area is 192 Å². The van der Waals surface area contributed by atoms with Crippen molar-refractivity contribution in [3.8, 4) is 0 Å². The van der Waals surface area contributed by atoms with Gasteiger partial charge in [-0.25, -0.2) is 0 Å². The van der Waals surface area contributed by atoms with E-state index in [4.69, 9.17) is 4.74 Å². The number of hydrogen-bond acceptors (Lipinski definition) is 5.